The van der Waals surface area contributed by atoms with E-state index in [4.69, 9.17) is 14.2 Å². The third kappa shape index (κ3) is 3.80. The third-order valence-electron chi connectivity index (χ3n) is 6.50. The Labute approximate surface area is 187 Å². The van der Waals surface area contributed by atoms with Gasteiger partial charge in [-0.05, 0) is 57.2 Å². The normalized spacial score (nSPS) is 19.9. The van der Waals surface area contributed by atoms with E-state index in [2.05, 4.69) is 14.9 Å². The topological polar surface area (TPSA) is 113 Å². The van der Waals surface area contributed by atoms with Crippen molar-refractivity contribution < 1.29 is 17.7 Å². The smallest absolute Gasteiger partial charge is 0.243 e. The van der Waals surface area contributed by atoms with Gasteiger partial charge >= 0.3 is 0 Å². The zero-order chi connectivity index (χ0) is 22.5. The van der Waals surface area contributed by atoms with Crippen molar-refractivity contribution in [3.8, 4) is 11.1 Å². The third-order valence-corrected chi connectivity index (χ3v) is 8.03. The van der Waals surface area contributed by atoms with Crippen molar-refractivity contribution in [1.82, 2.24) is 19.8 Å². The monoisotopic (exact) mass is 459 g/mol. The molecule has 172 valence electrons. The number of aryl methyl sites for hydroxylation is 2. The van der Waals surface area contributed by atoms with E-state index < -0.39 is 10.0 Å². The first-order chi connectivity index (χ1) is 15.3. The van der Waals surface area contributed by atoms with Gasteiger partial charge in [-0.3, -0.25) is 0 Å². The SMILES string of the molecule is Cc1noc(C)c1-c1cc(S(=O)(=O)NC2CCCC2)c2nc(N(C)C3CCCO3)[nH]c2c1. The summed E-state index contributed by atoms with van der Waals surface area (Å²) in [7, 11) is -1.86. The van der Waals surface area contributed by atoms with Crippen LogP contribution in [-0.4, -0.2) is 49.5 Å². The minimum absolute atomic E-state index is 0.0363. The van der Waals surface area contributed by atoms with Crippen molar-refractivity contribution in [1.29, 1.82) is 0 Å². The molecule has 2 N–H and O–H groups in total. The summed E-state index contributed by atoms with van der Waals surface area (Å²) in [5.74, 6) is 1.23. The summed E-state index contributed by atoms with van der Waals surface area (Å²) in [5, 5.41) is 4.04. The summed E-state index contributed by atoms with van der Waals surface area (Å²) in [5.41, 5.74) is 3.31. The number of nitrogens with one attached hydrogen (secondary N) is 2. The maximum Gasteiger partial charge on any atom is 0.243 e. The lowest BCUT2D eigenvalue weighted by atomic mass is 10.0. The number of hydrogen-bond acceptors (Lipinski definition) is 7. The van der Waals surface area contributed by atoms with E-state index in [0.29, 0.717) is 28.4 Å². The molecule has 0 radical (unpaired) electrons. The zero-order valence-corrected chi connectivity index (χ0v) is 19.5. The molecule has 3 aromatic rings. The predicted molar refractivity (Wildman–Crippen MR) is 121 cm³/mol. The maximum atomic E-state index is 13.5. The van der Waals surface area contributed by atoms with Crippen molar-refractivity contribution in [2.75, 3.05) is 18.6 Å². The van der Waals surface area contributed by atoms with Crippen LogP contribution in [0.25, 0.3) is 22.2 Å². The van der Waals surface area contributed by atoms with Crippen LogP contribution in [0.15, 0.2) is 21.6 Å². The molecule has 10 heteroatoms. The van der Waals surface area contributed by atoms with Crippen LogP contribution in [0.4, 0.5) is 5.95 Å². The van der Waals surface area contributed by atoms with Crippen molar-refractivity contribution in [3.05, 3.63) is 23.6 Å². The largest absolute Gasteiger partial charge is 0.361 e. The van der Waals surface area contributed by atoms with E-state index in [-0.39, 0.29) is 17.2 Å². The molecular formula is C22H29N5O4S. The van der Waals surface area contributed by atoms with Gasteiger partial charge in [0.05, 0.1) is 11.2 Å². The Morgan fingerprint density at radius 2 is 1.94 bits per heavy atom. The van der Waals surface area contributed by atoms with E-state index in [1.807, 2.05) is 31.9 Å². The minimum atomic E-state index is -3.77. The first kappa shape index (κ1) is 21.4. The molecule has 1 aliphatic carbocycles. The Morgan fingerprint density at radius 1 is 1.16 bits per heavy atom. The quantitative estimate of drug-likeness (QED) is 0.579. The minimum Gasteiger partial charge on any atom is -0.361 e. The Balaban J connectivity index is 1.65. The molecule has 0 amide bonds. The molecule has 2 aliphatic rings. The number of imidazole rings is 1. The lowest BCUT2D eigenvalue weighted by Crippen LogP contribution is -2.33. The van der Waals surface area contributed by atoms with Crippen LogP contribution in [-0.2, 0) is 14.8 Å². The summed E-state index contributed by atoms with van der Waals surface area (Å²) in [4.78, 5) is 10.1. The van der Waals surface area contributed by atoms with Gasteiger partial charge in [-0.25, -0.2) is 18.1 Å². The molecule has 2 fully saturated rings. The molecule has 1 unspecified atom stereocenters. The fraction of sp³-hybridized carbons (Fsp3) is 0.545. The van der Waals surface area contributed by atoms with Gasteiger partial charge in [0, 0.05) is 25.3 Å². The second-order valence-electron chi connectivity index (χ2n) is 8.81. The number of anilines is 1. The number of sulfonamides is 1. The van der Waals surface area contributed by atoms with E-state index in [0.717, 1.165) is 56.3 Å². The molecule has 32 heavy (non-hydrogen) atoms. The average molecular weight is 460 g/mol. The van der Waals surface area contributed by atoms with Gasteiger partial charge in [-0.15, -0.1) is 0 Å². The highest BCUT2D eigenvalue weighted by Gasteiger charge is 2.29. The number of fused-ring (bicyclic) bond motifs is 1. The molecule has 2 aromatic heterocycles. The molecule has 5 rings (SSSR count). The second-order valence-corrected chi connectivity index (χ2v) is 10.5. The predicted octanol–water partition coefficient (Wildman–Crippen LogP) is 3.63. The number of nitrogens with zero attached hydrogens (tertiary/aromatic N) is 3. The van der Waals surface area contributed by atoms with Crippen molar-refractivity contribution in [2.24, 2.45) is 0 Å². The lowest BCUT2D eigenvalue weighted by molar-refractivity contribution is 0.111. The van der Waals surface area contributed by atoms with Gasteiger partial charge < -0.3 is 19.1 Å². The van der Waals surface area contributed by atoms with Gasteiger partial charge in [-0.2, -0.15) is 0 Å². The Bertz CT molecular complexity index is 1220. The van der Waals surface area contributed by atoms with Crippen molar-refractivity contribution >= 4 is 27.0 Å². The average Bonchev–Trinajstić information content (AvgIpc) is 3.54. The summed E-state index contributed by atoms with van der Waals surface area (Å²) >= 11 is 0. The van der Waals surface area contributed by atoms with Crippen LogP contribution in [0.5, 0.6) is 0 Å². The molecule has 1 saturated carbocycles. The molecule has 1 aromatic carbocycles. The summed E-state index contributed by atoms with van der Waals surface area (Å²) in [6.07, 6.45) is 5.64. The lowest BCUT2D eigenvalue weighted by Gasteiger charge is -2.22. The fourth-order valence-corrected chi connectivity index (χ4v) is 6.31. The molecule has 0 bridgehead atoms. The number of aromatic amines is 1. The van der Waals surface area contributed by atoms with Gasteiger partial charge in [-0.1, -0.05) is 18.0 Å². The second kappa shape index (κ2) is 8.17. The Kier molecular flexibility index (Phi) is 5.47. The first-order valence-electron chi connectivity index (χ1n) is 11.2. The molecule has 1 saturated heterocycles. The van der Waals surface area contributed by atoms with Crippen LogP contribution in [0.3, 0.4) is 0 Å². The van der Waals surface area contributed by atoms with Gasteiger partial charge in [0.25, 0.3) is 0 Å². The molecule has 1 atom stereocenters. The summed E-state index contributed by atoms with van der Waals surface area (Å²) in [6.45, 7) is 4.40. The van der Waals surface area contributed by atoms with Crippen LogP contribution in [0.2, 0.25) is 0 Å². The number of H-pyrrole nitrogens is 1. The van der Waals surface area contributed by atoms with E-state index in [1.165, 1.54) is 0 Å². The molecular weight excluding hydrogens is 430 g/mol. The highest BCUT2D eigenvalue weighted by atomic mass is 32.2. The highest BCUT2D eigenvalue weighted by Crippen LogP contribution is 2.35. The van der Waals surface area contributed by atoms with Gasteiger partial charge in [0.1, 0.15) is 22.4 Å². The molecule has 0 spiro atoms. The number of aromatic nitrogens is 3. The molecule has 1 aliphatic heterocycles. The van der Waals surface area contributed by atoms with E-state index in [9.17, 15) is 8.42 Å². The highest BCUT2D eigenvalue weighted by molar-refractivity contribution is 7.89. The van der Waals surface area contributed by atoms with Crippen LogP contribution in [0.1, 0.15) is 50.0 Å². The zero-order valence-electron chi connectivity index (χ0n) is 18.6. The van der Waals surface area contributed by atoms with Crippen molar-refractivity contribution in [2.45, 2.75) is 69.5 Å². The maximum absolute atomic E-state index is 13.5. The van der Waals surface area contributed by atoms with Crippen LogP contribution < -0.4 is 9.62 Å². The molecule has 9 nitrogen and oxygen atoms in total. The number of benzene rings is 1. The van der Waals surface area contributed by atoms with Gasteiger partial charge in [0.15, 0.2) is 0 Å². The summed E-state index contributed by atoms with van der Waals surface area (Å²) < 4.78 is 41.0. The summed E-state index contributed by atoms with van der Waals surface area (Å²) in [6, 6.07) is 3.56. The van der Waals surface area contributed by atoms with Crippen LogP contribution >= 0.6 is 0 Å². The number of hydrogen-bond donors (Lipinski definition) is 2. The Morgan fingerprint density at radius 3 is 2.59 bits per heavy atom. The standard InChI is InChI=1S/C22H29N5O4S/c1-13-20(14(2)31-25-13)15-11-17-21(24-22(23-17)27(3)19-9-6-10-30-19)18(12-15)32(28,29)26-16-7-4-5-8-16/h11-12,16,19,26H,4-10H2,1-3H3,(H,23,24). The van der Waals surface area contributed by atoms with E-state index in [1.54, 1.807) is 6.07 Å². The fourth-order valence-electron chi connectivity index (χ4n) is 4.81. The number of rotatable bonds is 6. The first-order valence-corrected chi connectivity index (χ1v) is 12.7. The molecule has 3 heterocycles. The number of ether oxygens (including phenoxy) is 1. The Hall–Kier alpha value is -2.43. The van der Waals surface area contributed by atoms with Crippen molar-refractivity contribution in [3.63, 3.8) is 0 Å². The van der Waals surface area contributed by atoms with Crippen LogP contribution in [0, 0.1) is 13.8 Å². The van der Waals surface area contributed by atoms with Gasteiger partial charge in [0.2, 0.25) is 16.0 Å². The van der Waals surface area contributed by atoms with E-state index >= 15 is 0 Å².